The van der Waals surface area contributed by atoms with E-state index in [9.17, 15) is 18.3 Å². The van der Waals surface area contributed by atoms with Crippen molar-refractivity contribution in [3.63, 3.8) is 0 Å². The third-order valence-corrected chi connectivity index (χ3v) is 5.49. The summed E-state index contributed by atoms with van der Waals surface area (Å²) < 4.78 is 27.0. The predicted molar refractivity (Wildman–Crippen MR) is 88.4 cm³/mol. The molecule has 0 heterocycles. The molecule has 0 aromatic heterocycles. The van der Waals surface area contributed by atoms with E-state index < -0.39 is 22.0 Å². The zero-order valence-electron chi connectivity index (χ0n) is 11.7. The summed E-state index contributed by atoms with van der Waals surface area (Å²) in [4.78, 5) is 11.1. The molecule has 2 aromatic rings. The highest BCUT2D eigenvalue weighted by Crippen LogP contribution is 2.29. The minimum atomic E-state index is -4.18. The number of carbonyl (C=O) groups is 1. The Morgan fingerprint density at radius 3 is 2.13 bits per heavy atom. The van der Waals surface area contributed by atoms with E-state index in [1.54, 1.807) is 30.3 Å². The molecular formula is C15H13Cl2NO4S. The molecular weight excluding hydrogens is 361 g/mol. The van der Waals surface area contributed by atoms with E-state index >= 15 is 0 Å². The van der Waals surface area contributed by atoms with Crippen LogP contribution in [0.15, 0.2) is 53.4 Å². The van der Waals surface area contributed by atoms with Crippen LogP contribution in [0, 0.1) is 0 Å². The molecule has 0 unspecified atom stereocenters. The lowest BCUT2D eigenvalue weighted by molar-refractivity contribution is -0.138. The highest BCUT2D eigenvalue weighted by molar-refractivity contribution is 7.89. The summed E-state index contributed by atoms with van der Waals surface area (Å²) in [5, 5.41) is 9.14. The first kappa shape index (κ1) is 17.7. The summed E-state index contributed by atoms with van der Waals surface area (Å²) in [5.41, 5.74) is 0.688. The maximum absolute atomic E-state index is 12.4. The Morgan fingerprint density at radius 1 is 1.04 bits per heavy atom. The summed E-state index contributed by atoms with van der Waals surface area (Å²) in [6.07, 6.45) is -0.00250. The maximum Gasteiger partial charge on any atom is 0.322 e. The van der Waals surface area contributed by atoms with Crippen LogP contribution in [0.5, 0.6) is 0 Å². The van der Waals surface area contributed by atoms with Crippen molar-refractivity contribution in [1.29, 1.82) is 0 Å². The molecule has 0 aliphatic carbocycles. The number of aliphatic carboxylic acids is 1. The zero-order chi connectivity index (χ0) is 17.0. The Morgan fingerprint density at radius 2 is 1.61 bits per heavy atom. The van der Waals surface area contributed by atoms with Gasteiger partial charge >= 0.3 is 5.97 Å². The van der Waals surface area contributed by atoms with Crippen LogP contribution in [0.4, 0.5) is 0 Å². The van der Waals surface area contributed by atoms with Crippen LogP contribution >= 0.6 is 23.2 Å². The normalized spacial score (nSPS) is 12.8. The van der Waals surface area contributed by atoms with E-state index in [0.29, 0.717) is 5.56 Å². The fraction of sp³-hybridized carbons (Fsp3) is 0.133. The standard InChI is InChI=1S/C15H13Cl2NO4S/c16-11-7-4-8-12(17)14(11)23(21,22)18-13(15(19)20)9-10-5-2-1-3-6-10/h1-8,13,18H,9H2,(H,19,20)/t13-/m0/s1. The molecule has 8 heteroatoms. The molecule has 2 N–H and O–H groups in total. The number of halogens is 2. The molecule has 5 nitrogen and oxygen atoms in total. The van der Waals surface area contributed by atoms with E-state index in [0.717, 1.165) is 0 Å². The van der Waals surface area contributed by atoms with E-state index in [1.165, 1.54) is 18.2 Å². The van der Waals surface area contributed by atoms with Gasteiger partial charge in [-0.1, -0.05) is 59.6 Å². The Labute approximate surface area is 143 Å². The monoisotopic (exact) mass is 373 g/mol. The van der Waals surface area contributed by atoms with Crippen molar-refractivity contribution >= 4 is 39.2 Å². The fourth-order valence-electron chi connectivity index (χ4n) is 2.01. The SMILES string of the molecule is O=C(O)[C@H](Cc1ccccc1)NS(=O)(=O)c1c(Cl)cccc1Cl. The second-order valence-corrected chi connectivity index (χ2v) is 7.22. The van der Waals surface area contributed by atoms with Crippen LogP contribution in [0.25, 0.3) is 0 Å². The molecule has 0 fully saturated rings. The van der Waals surface area contributed by atoms with Crippen LogP contribution in [0.3, 0.4) is 0 Å². The van der Waals surface area contributed by atoms with Crippen LogP contribution in [0.2, 0.25) is 10.0 Å². The predicted octanol–water partition coefficient (Wildman–Crippen LogP) is 2.97. The Balaban J connectivity index is 2.31. The average molecular weight is 374 g/mol. The molecule has 2 aromatic carbocycles. The highest BCUT2D eigenvalue weighted by atomic mass is 35.5. The van der Waals surface area contributed by atoms with Crippen molar-refractivity contribution in [2.45, 2.75) is 17.4 Å². The summed E-state index contributed by atoms with van der Waals surface area (Å²) in [7, 11) is -4.18. The number of rotatable bonds is 6. The van der Waals surface area contributed by atoms with Gasteiger partial charge in [-0.15, -0.1) is 0 Å². The summed E-state index contributed by atoms with van der Waals surface area (Å²) in [5.74, 6) is -1.29. The van der Waals surface area contributed by atoms with Gasteiger partial charge in [-0.2, -0.15) is 4.72 Å². The molecule has 0 amide bonds. The Hall–Kier alpha value is -1.60. The van der Waals surface area contributed by atoms with Crippen molar-refractivity contribution in [2.24, 2.45) is 0 Å². The van der Waals surface area contributed by atoms with Crippen molar-refractivity contribution in [3.8, 4) is 0 Å². The zero-order valence-corrected chi connectivity index (χ0v) is 14.1. The third-order valence-electron chi connectivity index (χ3n) is 3.07. The minimum Gasteiger partial charge on any atom is -0.480 e. The molecule has 2 rings (SSSR count). The smallest absolute Gasteiger partial charge is 0.322 e. The molecule has 0 spiro atoms. The topological polar surface area (TPSA) is 83.5 Å². The van der Waals surface area contributed by atoms with Gasteiger partial charge in [-0.25, -0.2) is 8.42 Å². The molecule has 122 valence electrons. The van der Waals surface area contributed by atoms with E-state index in [2.05, 4.69) is 4.72 Å². The van der Waals surface area contributed by atoms with Crippen molar-refractivity contribution in [1.82, 2.24) is 4.72 Å². The molecule has 0 saturated carbocycles. The van der Waals surface area contributed by atoms with Crippen LogP contribution < -0.4 is 4.72 Å². The van der Waals surface area contributed by atoms with E-state index in [-0.39, 0.29) is 21.4 Å². The molecule has 0 aliphatic heterocycles. The molecule has 0 radical (unpaired) electrons. The van der Waals surface area contributed by atoms with Gasteiger partial charge in [0.1, 0.15) is 10.9 Å². The van der Waals surface area contributed by atoms with Gasteiger partial charge in [0.2, 0.25) is 10.0 Å². The summed E-state index contributed by atoms with van der Waals surface area (Å²) >= 11 is 11.8. The van der Waals surface area contributed by atoms with Gasteiger partial charge in [-0.3, -0.25) is 4.79 Å². The lowest BCUT2D eigenvalue weighted by Gasteiger charge is -2.16. The van der Waals surface area contributed by atoms with Gasteiger partial charge < -0.3 is 5.11 Å². The lowest BCUT2D eigenvalue weighted by Crippen LogP contribution is -2.42. The van der Waals surface area contributed by atoms with Gasteiger partial charge in [0.05, 0.1) is 10.0 Å². The molecule has 1 atom stereocenters. The number of carboxylic acids is 1. The van der Waals surface area contributed by atoms with Gasteiger partial charge in [0, 0.05) is 0 Å². The first-order valence-electron chi connectivity index (χ1n) is 6.54. The highest BCUT2D eigenvalue weighted by Gasteiger charge is 2.28. The number of hydrogen-bond acceptors (Lipinski definition) is 3. The molecule has 0 bridgehead atoms. The van der Waals surface area contributed by atoms with Crippen LogP contribution in [-0.4, -0.2) is 25.5 Å². The number of hydrogen-bond donors (Lipinski definition) is 2. The Kier molecular flexibility index (Phi) is 5.64. The van der Waals surface area contributed by atoms with Crippen molar-refractivity contribution < 1.29 is 18.3 Å². The van der Waals surface area contributed by atoms with Gasteiger partial charge in [0.25, 0.3) is 0 Å². The Bertz CT molecular complexity index is 789. The number of carboxylic acid groups (broad SMARTS) is 1. The minimum absolute atomic E-state index is 0.00250. The number of benzene rings is 2. The van der Waals surface area contributed by atoms with Gasteiger partial charge in [-0.05, 0) is 24.1 Å². The molecule has 0 aliphatic rings. The average Bonchev–Trinajstić information content (AvgIpc) is 2.46. The van der Waals surface area contributed by atoms with Crippen LogP contribution in [0.1, 0.15) is 5.56 Å². The second-order valence-electron chi connectivity index (χ2n) is 4.75. The first-order valence-corrected chi connectivity index (χ1v) is 8.78. The van der Waals surface area contributed by atoms with Crippen molar-refractivity contribution in [2.75, 3.05) is 0 Å². The number of nitrogens with one attached hydrogen (secondary N) is 1. The van der Waals surface area contributed by atoms with E-state index in [1.807, 2.05) is 0 Å². The first-order chi connectivity index (χ1) is 10.8. The summed E-state index contributed by atoms with van der Waals surface area (Å²) in [6.45, 7) is 0. The quantitative estimate of drug-likeness (QED) is 0.814. The number of sulfonamides is 1. The van der Waals surface area contributed by atoms with Crippen molar-refractivity contribution in [3.05, 3.63) is 64.1 Å². The molecule has 0 saturated heterocycles. The maximum atomic E-state index is 12.4. The van der Waals surface area contributed by atoms with Gasteiger partial charge in [0.15, 0.2) is 0 Å². The fourth-order valence-corrected chi connectivity index (χ4v) is 4.35. The third kappa shape index (κ3) is 4.45. The largest absolute Gasteiger partial charge is 0.480 e. The second kappa shape index (κ2) is 7.31. The van der Waals surface area contributed by atoms with E-state index in [4.69, 9.17) is 23.2 Å². The molecule has 23 heavy (non-hydrogen) atoms. The lowest BCUT2D eigenvalue weighted by atomic mass is 10.1. The van der Waals surface area contributed by atoms with Crippen LogP contribution in [-0.2, 0) is 21.2 Å². The summed E-state index contributed by atoms with van der Waals surface area (Å²) in [6, 6.07) is 11.6.